The van der Waals surface area contributed by atoms with Crippen LogP contribution < -0.4 is 5.73 Å². The van der Waals surface area contributed by atoms with Gasteiger partial charge in [0.25, 0.3) is 0 Å². The number of halogens is 1. The molecule has 0 aromatic heterocycles. The van der Waals surface area contributed by atoms with E-state index in [1.165, 1.54) is 18.4 Å². The van der Waals surface area contributed by atoms with Crippen LogP contribution in [-0.4, -0.2) is 6.04 Å². The molecular weight excluding hydrogens is 226 g/mol. The third-order valence-corrected chi connectivity index (χ3v) is 3.34. The molecule has 2 N–H and O–H groups in total. The third-order valence-electron chi connectivity index (χ3n) is 2.81. The Balaban J connectivity index is 2.13. The highest BCUT2D eigenvalue weighted by atomic mass is 79.9. The van der Waals surface area contributed by atoms with Gasteiger partial charge in [-0.3, -0.25) is 0 Å². The summed E-state index contributed by atoms with van der Waals surface area (Å²) in [5, 5.41) is 0. The van der Waals surface area contributed by atoms with Crippen molar-refractivity contribution in [2.75, 3.05) is 0 Å². The molecule has 1 aromatic carbocycles. The van der Waals surface area contributed by atoms with Crippen LogP contribution in [0, 0.1) is 0 Å². The van der Waals surface area contributed by atoms with Crippen molar-refractivity contribution in [1.82, 2.24) is 0 Å². The minimum atomic E-state index is 0.425. The molecule has 2 atom stereocenters. The van der Waals surface area contributed by atoms with Crippen molar-refractivity contribution in [3.8, 4) is 0 Å². The van der Waals surface area contributed by atoms with E-state index in [1.54, 1.807) is 0 Å². The number of benzene rings is 1. The van der Waals surface area contributed by atoms with Crippen LogP contribution in [0.1, 0.15) is 30.7 Å². The second kappa shape index (κ2) is 3.81. The Morgan fingerprint density at radius 3 is 2.38 bits per heavy atom. The lowest BCUT2D eigenvalue weighted by atomic mass is 9.98. The summed E-state index contributed by atoms with van der Waals surface area (Å²) >= 11 is 3.44. The first-order valence-corrected chi connectivity index (χ1v) is 5.56. The van der Waals surface area contributed by atoms with E-state index < -0.39 is 0 Å². The molecule has 0 bridgehead atoms. The lowest BCUT2D eigenvalue weighted by Gasteiger charge is -2.09. The minimum Gasteiger partial charge on any atom is -0.328 e. The van der Waals surface area contributed by atoms with E-state index in [1.807, 2.05) is 0 Å². The summed E-state index contributed by atoms with van der Waals surface area (Å²) in [5.74, 6) is 0.697. The van der Waals surface area contributed by atoms with Crippen molar-refractivity contribution >= 4 is 15.9 Å². The monoisotopic (exact) mass is 239 g/mol. The summed E-state index contributed by atoms with van der Waals surface area (Å²) in [4.78, 5) is 0. The second-order valence-electron chi connectivity index (χ2n) is 3.82. The highest BCUT2D eigenvalue weighted by Gasteiger charge is 2.22. The zero-order valence-corrected chi connectivity index (χ0v) is 9.13. The van der Waals surface area contributed by atoms with E-state index in [-0.39, 0.29) is 0 Å². The number of rotatable bonds is 1. The van der Waals surface area contributed by atoms with Crippen molar-refractivity contribution in [2.24, 2.45) is 5.73 Å². The van der Waals surface area contributed by atoms with E-state index in [4.69, 9.17) is 5.73 Å². The number of hydrogen-bond donors (Lipinski definition) is 1. The van der Waals surface area contributed by atoms with E-state index in [0.29, 0.717) is 12.0 Å². The van der Waals surface area contributed by atoms with Gasteiger partial charge in [0.2, 0.25) is 0 Å². The average molecular weight is 240 g/mol. The number of hydrogen-bond acceptors (Lipinski definition) is 1. The molecule has 1 aliphatic carbocycles. The van der Waals surface area contributed by atoms with Gasteiger partial charge in [-0.2, -0.15) is 0 Å². The molecule has 2 rings (SSSR count). The summed E-state index contributed by atoms with van der Waals surface area (Å²) < 4.78 is 1.15. The highest BCUT2D eigenvalue weighted by Crippen LogP contribution is 2.33. The van der Waals surface area contributed by atoms with Crippen LogP contribution in [0.25, 0.3) is 0 Å². The molecule has 0 heterocycles. The van der Waals surface area contributed by atoms with Gasteiger partial charge in [-0.15, -0.1) is 0 Å². The minimum absolute atomic E-state index is 0.425. The fourth-order valence-corrected chi connectivity index (χ4v) is 2.32. The normalized spacial score (nSPS) is 27.8. The summed E-state index contributed by atoms with van der Waals surface area (Å²) in [6.45, 7) is 0. The third kappa shape index (κ3) is 2.12. The maximum Gasteiger partial charge on any atom is 0.0175 e. The molecule has 70 valence electrons. The van der Waals surface area contributed by atoms with E-state index in [9.17, 15) is 0 Å². The van der Waals surface area contributed by atoms with Gasteiger partial charge >= 0.3 is 0 Å². The van der Waals surface area contributed by atoms with Crippen molar-refractivity contribution in [2.45, 2.75) is 31.2 Å². The molecule has 1 saturated carbocycles. The van der Waals surface area contributed by atoms with Crippen LogP contribution >= 0.6 is 15.9 Å². The fraction of sp³-hybridized carbons (Fsp3) is 0.455. The van der Waals surface area contributed by atoms with E-state index in [2.05, 4.69) is 40.2 Å². The Kier molecular flexibility index (Phi) is 2.70. The molecule has 0 amide bonds. The molecule has 0 unspecified atom stereocenters. The van der Waals surface area contributed by atoms with Gasteiger partial charge in [0.15, 0.2) is 0 Å². The van der Waals surface area contributed by atoms with Crippen LogP contribution in [-0.2, 0) is 0 Å². The largest absolute Gasteiger partial charge is 0.328 e. The van der Waals surface area contributed by atoms with Gasteiger partial charge in [-0.05, 0) is 42.9 Å². The van der Waals surface area contributed by atoms with Gasteiger partial charge in [0.05, 0.1) is 0 Å². The Hall–Kier alpha value is -0.340. The van der Waals surface area contributed by atoms with Crippen molar-refractivity contribution in [3.05, 3.63) is 34.3 Å². The zero-order chi connectivity index (χ0) is 9.26. The first-order chi connectivity index (χ1) is 6.25. The summed E-state index contributed by atoms with van der Waals surface area (Å²) in [6, 6.07) is 9.05. The topological polar surface area (TPSA) is 26.0 Å². The van der Waals surface area contributed by atoms with Gasteiger partial charge in [-0.1, -0.05) is 28.1 Å². The lowest BCUT2D eigenvalue weighted by Crippen LogP contribution is -2.14. The molecule has 13 heavy (non-hydrogen) atoms. The van der Waals surface area contributed by atoms with Crippen LogP contribution in [0.15, 0.2) is 28.7 Å². The quantitative estimate of drug-likeness (QED) is 0.802. The lowest BCUT2D eigenvalue weighted by molar-refractivity contribution is 0.674. The van der Waals surface area contributed by atoms with Gasteiger partial charge in [-0.25, -0.2) is 0 Å². The smallest absolute Gasteiger partial charge is 0.0175 e. The van der Waals surface area contributed by atoms with E-state index >= 15 is 0 Å². The molecule has 0 saturated heterocycles. The number of nitrogens with two attached hydrogens (primary N) is 1. The predicted octanol–water partition coefficient (Wildman–Crippen LogP) is 3.04. The Bertz CT molecular complexity index is 281. The molecule has 1 fully saturated rings. The molecule has 2 heteroatoms. The average Bonchev–Trinajstić information content (AvgIpc) is 2.53. The molecule has 1 aliphatic rings. The molecule has 1 nitrogen and oxygen atoms in total. The molecule has 0 spiro atoms. The predicted molar refractivity (Wildman–Crippen MR) is 58.7 cm³/mol. The maximum absolute atomic E-state index is 5.88. The van der Waals surface area contributed by atoms with Gasteiger partial charge in [0.1, 0.15) is 0 Å². The van der Waals surface area contributed by atoms with Crippen LogP contribution in [0.4, 0.5) is 0 Å². The zero-order valence-electron chi connectivity index (χ0n) is 7.54. The van der Waals surface area contributed by atoms with Crippen molar-refractivity contribution < 1.29 is 0 Å². The standard InChI is InChI=1S/C11H14BrN/c12-10-4-1-8(2-5-10)9-3-6-11(13)7-9/h1-2,4-5,9,11H,3,6-7,13H2/t9-,11+/m1/s1. The van der Waals surface area contributed by atoms with Crippen LogP contribution in [0.3, 0.4) is 0 Å². The second-order valence-corrected chi connectivity index (χ2v) is 4.74. The van der Waals surface area contributed by atoms with Crippen LogP contribution in [0.2, 0.25) is 0 Å². The Morgan fingerprint density at radius 2 is 1.85 bits per heavy atom. The highest BCUT2D eigenvalue weighted by molar-refractivity contribution is 9.10. The molecular formula is C11H14BrN. The fourth-order valence-electron chi connectivity index (χ4n) is 2.05. The van der Waals surface area contributed by atoms with E-state index in [0.717, 1.165) is 10.9 Å². The van der Waals surface area contributed by atoms with Crippen molar-refractivity contribution in [3.63, 3.8) is 0 Å². The first-order valence-electron chi connectivity index (χ1n) is 4.77. The summed E-state index contributed by atoms with van der Waals surface area (Å²) in [6.07, 6.45) is 3.59. The van der Waals surface area contributed by atoms with Crippen molar-refractivity contribution in [1.29, 1.82) is 0 Å². The van der Waals surface area contributed by atoms with Crippen LogP contribution in [0.5, 0.6) is 0 Å². The SMILES string of the molecule is N[C@H]1CC[C@@H](c2ccc(Br)cc2)C1. The first kappa shape index (κ1) is 9.22. The Morgan fingerprint density at radius 1 is 1.15 bits per heavy atom. The Labute approximate surface area is 87.5 Å². The molecule has 0 radical (unpaired) electrons. The van der Waals surface area contributed by atoms with Gasteiger partial charge < -0.3 is 5.73 Å². The van der Waals surface area contributed by atoms with Gasteiger partial charge in [0, 0.05) is 10.5 Å². The summed E-state index contributed by atoms with van der Waals surface area (Å²) in [5.41, 5.74) is 7.32. The molecule has 0 aliphatic heterocycles. The summed E-state index contributed by atoms with van der Waals surface area (Å²) in [7, 11) is 0. The molecule has 1 aromatic rings. The maximum atomic E-state index is 5.88.